The van der Waals surface area contributed by atoms with Crippen molar-refractivity contribution in [3.05, 3.63) is 35.4 Å². The highest BCUT2D eigenvalue weighted by atomic mass is 19.1. The molecule has 0 bridgehead atoms. The van der Waals surface area contributed by atoms with Gasteiger partial charge in [-0.3, -0.25) is 0 Å². The lowest BCUT2D eigenvalue weighted by Crippen LogP contribution is -2.41. The molecule has 1 aromatic rings. The third-order valence-electron chi connectivity index (χ3n) is 3.70. The molecular weight excluding hydrogens is 237 g/mol. The van der Waals surface area contributed by atoms with Crippen molar-refractivity contribution in [2.45, 2.75) is 45.2 Å². The Bertz CT molecular complexity index is 444. The molecule has 0 N–H and O–H groups in total. The van der Waals surface area contributed by atoms with Crippen LogP contribution in [0.1, 0.15) is 33.3 Å². The zero-order valence-electron chi connectivity index (χ0n) is 11.1. The first kappa shape index (κ1) is 13.5. The molecule has 0 saturated carbocycles. The summed E-state index contributed by atoms with van der Waals surface area (Å²) in [6, 6.07) is 3.40. The van der Waals surface area contributed by atoms with Gasteiger partial charge in [-0.1, -0.05) is 0 Å². The summed E-state index contributed by atoms with van der Waals surface area (Å²) in [5, 5.41) is 0. The van der Waals surface area contributed by atoms with E-state index in [2.05, 4.69) is 0 Å². The Labute approximate surface area is 106 Å². The van der Waals surface area contributed by atoms with Crippen LogP contribution in [-0.2, 0) is 15.6 Å². The van der Waals surface area contributed by atoms with Crippen LogP contribution in [0.4, 0.5) is 8.78 Å². The van der Waals surface area contributed by atoms with Gasteiger partial charge in [-0.05, 0) is 51.5 Å². The molecule has 1 aliphatic heterocycles. The molecule has 0 aliphatic carbocycles. The average Bonchev–Trinajstić information content (AvgIpc) is 2.41. The van der Waals surface area contributed by atoms with Gasteiger partial charge < -0.3 is 9.31 Å². The summed E-state index contributed by atoms with van der Waals surface area (Å²) in [5.41, 5.74) is -0.642. The second-order valence-corrected chi connectivity index (χ2v) is 5.63. The van der Waals surface area contributed by atoms with Gasteiger partial charge in [0.05, 0.1) is 11.2 Å². The average molecular weight is 254 g/mol. The molecule has 1 aromatic carbocycles. The van der Waals surface area contributed by atoms with E-state index in [0.29, 0.717) is 0 Å². The molecule has 98 valence electrons. The van der Waals surface area contributed by atoms with E-state index >= 15 is 0 Å². The fourth-order valence-corrected chi connectivity index (χ4v) is 1.93. The summed E-state index contributed by atoms with van der Waals surface area (Å²) in [7, 11) is -0.550. The maximum absolute atomic E-state index is 13.5. The molecule has 0 unspecified atom stereocenters. The number of halogens is 2. The zero-order valence-corrected chi connectivity index (χ0v) is 11.1. The maximum atomic E-state index is 13.5. The third kappa shape index (κ3) is 2.42. The molecule has 1 fully saturated rings. The normalized spacial score (nSPS) is 21.3. The van der Waals surface area contributed by atoms with Gasteiger partial charge in [-0.15, -0.1) is 0 Å². The fourth-order valence-electron chi connectivity index (χ4n) is 1.93. The molecule has 0 amide bonds. The lowest BCUT2D eigenvalue weighted by atomic mass is 9.80. The Morgan fingerprint density at radius 2 is 1.61 bits per heavy atom. The molecular formula is C13H17BF2O2. The number of hydrogen-bond donors (Lipinski definition) is 0. The van der Waals surface area contributed by atoms with Gasteiger partial charge in [0.2, 0.25) is 0 Å². The SMILES string of the molecule is CC1(C)OB(Cc2cc(F)ccc2F)OC1(C)C. The van der Waals surface area contributed by atoms with Crippen molar-refractivity contribution in [3.8, 4) is 0 Å². The lowest BCUT2D eigenvalue weighted by Gasteiger charge is -2.32. The molecule has 2 nitrogen and oxygen atoms in total. The monoisotopic (exact) mass is 254 g/mol. The van der Waals surface area contributed by atoms with Crippen molar-refractivity contribution in [2.24, 2.45) is 0 Å². The smallest absolute Gasteiger partial charge is 0.403 e. The summed E-state index contributed by atoms with van der Waals surface area (Å²) >= 11 is 0. The van der Waals surface area contributed by atoms with E-state index in [1.54, 1.807) is 0 Å². The molecule has 5 heteroatoms. The molecule has 0 radical (unpaired) electrons. The van der Waals surface area contributed by atoms with Crippen molar-refractivity contribution < 1.29 is 18.1 Å². The van der Waals surface area contributed by atoms with Crippen LogP contribution >= 0.6 is 0 Å². The van der Waals surface area contributed by atoms with Crippen LogP contribution < -0.4 is 0 Å². The van der Waals surface area contributed by atoms with Gasteiger partial charge in [0.15, 0.2) is 0 Å². The fraction of sp³-hybridized carbons (Fsp3) is 0.538. The summed E-state index contributed by atoms with van der Waals surface area (Å²) in [6.07, 6.45) is 0.205. The van der Waals surface area contributed by atoms with Crippen LogP contribution in [0.25, 0.3) is 0 Å². The second kappa shape index (κ2) is 4.32. The van der Waals surface area contributed by atoms with Crippen LogP contribution in [0.2, 0.25) is 0 Å². The quantitative estimate of drug-likeness (QED) is 0.755. The number of benzene rings is 1. The molecule has 0 aromatic heterocycles. The first-order chi connectivity index (χ1) is 8.21. The van der Waals surface area contributed by atoms with E-state index < -0.39 is 30.0 Å². The molecule has 1 saturated heterocycles. The van der Waals surface area contributed by atoms with Crippen molar-refractivity contribution in [1.29, 1.82) is 0 Å². The Kier molecular flexibility index (Phi) is 3.24. The van der Waals surface area contributed by atoms with Crippen molar-refractivity contribution in [3.63, 3.8) is 0 Å². The lowest BCUT2D eigenvalue weighted by molar-refractivity contribution is 0.00578. The summed E-state index contributed by atoms with van der Waals surface area (Å²) < 4.78 is 38.1. The van der Waals surface area contributed by atoms with Crippen molar-refractivity contribution >= 4 is 7.12 Å². The summed E-state index contributed by atoms with van der Waals surface area (Å²) in [5.74, 6) is -0.894. The Morgan fingerprint density at radius 1 is 1.06 bits per heavy atom. The largest absolute Gasteiger partial charge is 0.462 e. The van der Waals surface area contributed by atoms with E-state index in [0.717, 1.165) is 12.1 Å². The zero-order chi connectivity index (χ0) is 13.6. The van der Waals surface area contributed by atoms with E-state index in [9.17, 15) is 8.78 Å². The highest BCUT2D eigenvalue weighted by Gasteiger charge is 2.50. The molecule has 1 heterocycles. The predicted molar refractivity (Wildman–Crippen MR) is 66.1 cm³/mol. The highest BCUT2D eigenvalue weighted by molar-refractivity contribution is 6.45. The standard InChI is InChI=1S/C13H17BF2O2/c1-12(2)13(3,4)18-14(17-12)8-9-7-10(15)5-6-11(9)16/h5-7H,8H2,1-4H3. The molecule has 0 spiro atoms. The highest BCUT2D eigenvalue weighted by Crippen LogP contribution is 2.37. The van der Waals surface area contributed by atoms with Gasteiger partial charge in [0.25, 0.3) is 0 Å². The number of hydrogen-bond acceptors (Lipinski definition) is 2. The molecule has 0 atom stereocenters. The second-order valence-electron chi connectivity index (χ2n) is 5.63. The van der Waals surface area contributed by atoms with E-state index in [1.165, 1.54) is 6.07 Å². The van der Waals surface area contributed by atoms with Crippen LogP contribution in [-0.4, -0.2) is 18.3 Å². The van der Waals surface area contributed by atoms with Crippen molar-refractivity contribution in [2.75, 3.05) is 0 Å². The van der Waals surface area contributed by atoms with Crippen LogP contribution in [0.5, 0.6) is 0 Å². The Hall–Kier alpha value is -0.935. The molecule has 1 aliphatic rings. The molecule has 18 heavy (non-hydrogen) atoms. The van der Waals surface area contributed by atoms with Gasteiger partial charge in [0.1, 0.15) is 11.6 Å². The Morgan fingerprint density at radius 3 is 2.17 bits per heavy atom. The Balaban J connectivity index is 2.15. The number of rotatable bonds is 2. The van der Waals surface area contributed by atoms with E-state index in [4.69, 9.17) is 9.31 Å². The van der Waals surface area contributed by atoms with Crippen LogP contribution in [0, 0.1) is 11.6 Å². The first-order valence-corrected chi connectivity index (χ1v) is 6.01. The third-order valence-corrected chi connectivity index (χ3v) is 3.70. The van der Waals surface area contributed by atoms with E-state index in [-0.39, 0.29) is 11.9 Å². The summed E-state index contributed by atoms with van der Waals surface area (Å²) in [6.45, 7) is 7.70. The maximum Gasteiger partial charge on any atom is 0.462 e. The predicted octanol–water partition coefficient (Wildman–Crippen LogP) is 3.14. The topological polar surface area (TPSA) is 18.5 Å². The van der Waals surface area contributed by atoms with Gasteiger partial charge in [-0.2, -0.15) is 0 Å². The minimum atomic E-state index is -0.550. The van der Waals surface area contributed by atoms with Crippen LogP contribution in [0.3, 0.4) is 0 Å². The van der Waals surface area contributed by atoms with E-state index in [1.807, 2.05) is 27.7 Å². The molecule has 2 rings (SSSR count). The van der Waals surface area contributed by atoms with Crippen LogP contribution in [0.15, 0.2) is 18.2 Å². The minimum Gasteiger partial charge on any atom is -0.403 e. The summed E-state index contributed by atoms with van der Waals surface area (Å²) in [4.78, 5) is 0. The van der Waals surface area contributed by atoms with Gasteiger partial charge in [0, 0.05) is 6.32 Å². The van der Waals surface area contributed by atoms with Crippen molar-refractivity contribution in [1.82, 2.24) is 0 Å². The van der Waals surface area contributed by atoms with Gasteiger partial charge >= 0.3 is 7.12 Å². The minimum absolute atomic E-state index is 0.205. The first-order valence-electron chi connectivity index (χ1n) is 6.01. The van der Waals surface area contributed by atoms with Gasteiger partial charge in [-0.25, -0.2) is 8.78 Å².